The summed E-state index contributed by atoms with van der Waals surface area (Å²) in [5.74, 6) is -2.83. The van der Waals surface area contributed by atoms with Gasteiger partial charge < -0.3 is 25.2 Å². The van der Waals surface area contributed by atoms with Gasteiger partial charge in [-0.3, -0.25) is 15.0 Å². The van der Waals surface area contributed by atoms with Gasteiger partial charge in [-0.25, -0.2) is 23.5 Å². The first-order chi connectivity index (χ1) is 16.7. The van der Waals surface area contributed by atoms with E-state index in [1.54, 1.807) is 12.1 Å². The summed E-state index contributed by atoms with van der Waals surface area (Å²) in [4.78, 5) is 37.8. The zero-order valence-corrected chi connectivity index (χ0v) is 18.5. The SMILES string of the molecule is O=C(NC1CC1(F)F)c1ccc2c(n1)N(C(=O)Nc1cc(OC[C@H](O)CO)ccn1)C1CCN2C1. The molecule has 5 rings (SSSR count). The van der Waals surface area contributed by atoms with Crippen LogP contribution >= 0.6 is 0 Å². The number of carbonyl (C=O) groups is 2. The van der Waals surface area contributed by atoms with Gasteiger partial charge >= 0.3 is 6.03 Å². The number of nitrogens with zero attached hydrogens (tertiary/aromatic N) is 4. The maximum Gasteiger partial charge on any atom is 0.329 e. The fraction of sp³-hybridized carbons (Fsp3) is 0.455. The van der Waals surface area contributed by atoms with E-state index in [1.165, 1.54) is 23.2 Å². The lowest BCUT2D eigenvalue weighted by Gasteiger charge is -2.35. The third kappa shape index (κ3) is 4.68. The van der Waals surface area contributed by atoms with Crippen molar-refractivity contribution in [2.24, 2.45) is 0 Å². The lowest BCUT2D eigenvalue weighted by atomic mass is 10.1. The number of anilines is 3. The van der Waals surface area contributed by atoms with Crippen molar-refractivity contribution in [3.63, 3.8) is 0 Å². The summed E-state index contributed by atoms with van der Waals surface area (Å²) >= 11 is 0. The monoisotopic (exact) mass is 490 g/mol. The van der Waals surface area contributed by atoms with Crippen molar-refractivity contribution in [2.75, 3.05) is 41.4 Å². The number of hydrogen-bond acceptors (Lipinski definition) is 8. The van der Waals surface area contributed by atoms with Crippen LogP contribution in [0, 0.1) is 0 Å². The van der Waals surface area contributed by atoms with Gasteiger partial charge in [0.15, 0.2) is 5.82 Å². The zero-order valence-electron chi connectivity index (χ0n) is 18.5. The van der Waals surface area contributed by atoms with Gasteiger partial charge in [0.25, 0.3) is 11.8 Å². The van der Waals surface area contributed by atoms with E-state index in [9.17, 15) is 23.5 Å². The molecule has 35 heavy (non-hydrogen) atoms. The highest BCUT2D eigenvalue weighted by Crippen LogP contribution is 2.42. The minimum Gasteiger partial charge on any atom is -0.491 e. The van der Waals surface area contributed by atoms with Crippen LogP contribution in [0.1, 0.15) is 23.3 Å². The van der Waals surface area contributed by atoms with Crippen LogP contribution in [0.4, 0.5) is 30.9 Å². The maximum atomic E-state index is 13.3. The summed E-state index contributed by atoms with van der Waals surface area (Å²) in [6.07, 6.45) is 0.671. The molecule has 3 atom stereocenters. The second kappa shape index (κ2) is 8.89. The van der Waals surface area contributed by atoms with Gasteiger partial charge in [0.2, 0.25) is 0 Å². The third-order valence-electron chi connectivity index (χ3n) is 6.15. The number of alkyl halides is 2. The van der Waals surface area contributed by atoms with Gasteiger partial charge in [0.05, 0.1) is 24.4 Å². The van der Waals surface area contributed by atoms with Crippen molar-refractivity contribution in [1.29, 1.82) is 0 Å². The van der Waals surface area contributed by atoms with E-state index >= 15 is 0 Å². The van der Waals surface area contributed by atoms with E-state index in [-0.39, 0.29) is 30.0 Å². The van der Waals surface area contributed by atoms with Crippen molar-refractivity contribution in [3.05, 3.63) is 36.2 Å². The van der Waals surface area contributed by atoms with Gasteiger partial charge in [-0.1, -0.05) is 0 Å². The Hall–Kier alpha value is -3.58. The van der Waals surface area contributed by atoms with E-state index in [0.29, 0.717) is 30.9 Å². The average Bonchev–Trinajstić information content (AvgIpc) is 3.23. The van der Waals surface area contributed by atoms with Crippen LogP contribution in [-0.4, -0.2) is 82.5 Å². The predicted molar refractivity (Wildman–Crippen MR) is 120 cm³/mol. The zero-order chi connectivity index (χ0) is 24.7. The van der Waals surface area contributed by atoms with E-state index in [2.05, 4.69) is 25.5 Å². The van der Waals surface area contributed by atoms with Crippen LogP contribution in [0.15, 0.2) is 30.5 Å². The fourth-order valence-corrected chi connectivity index (χ4v) is 4.18. The summed E-state index contributed by atoms with van der Waals surface area (Å²) < 4.78 is 31.8. The van der Waals surface area contributed by atoms with Crippen LogP contribution in [0.5, 0.6) is 5.75 Å². The number of nitrogens with one attached hydrogen (secondary N) is 2. The molecular formula is C22H24F2N6O5. The minimum atomic E-state index is -2.90. The summed E-state index contributed by atoms with van der Waals surface area (Å²) in [6.45, 7) is 0.722. The average molecular weight is 490 g/mol. The van der Waals surface area contributed by atoms with Crippen molar-refractivity contribution in [3.8, 4) is 5.75 Å². The second-order valence-corrected chi connectivity index (χ2v) is 8.74. The first-order valence-electron chi connectivity index (χ1n) is 11.2. The molecule has 186 valence electrons. The molecule has 3 amide bonds. The smallest absolute Gasteiger partial charge is 0.329 e. The molecule has 4 heterocycles. The van der Waals surface area contributed by atoms with Crippen molar-refractivity contribution >= 4 is 29.3 Å². The van der Waals surface area contributed by atoms with Crippen molar-refractivity contribution in [1.82, 2.24) is 15.3 Å². The molecule has 2 unspecified atom stereocenters. The Morgan fingerprint density at radius 3 is 2.86 bits per heavy atom. The van der Waals surface area contributed by atoms with E-state index in [4.69, 9.17) is 9.84 Å². The van der Waals surface area contributed by atoms with Crippen LogP contribution < -0.4 is 25.2 Å². The Labute approximate surface area is 198 Å². The van der Waals surface area contributed by atoms with E-state index in [1.807, 2.05) is 0 Å². The Morgan fingerprint density at radius 2 is 2.11 bits per heavy atom. The number of rotatable bonds is 7. The molecule has 1 saturated heterocycles. The molecule has 1 aliphatic carbocycles. The highest BCUT2D eigenvalue weighted by Gasteiger charge is 2.58. The van der Waals surface area contributed by atoms with Crippen LogP contribution in [-0.2, 0) is 0 Å². The number of urea groups is 1. The first kappa shape index (κ1) is 23.2. The number of fused-ring (bicyclic) bond motifs is 4. The summed E-state index contributed by atoms with van der Waals surface area (Å²) in [5.41, 5.74) is 0.618. The fourth-order valence-electron chi connectivity index (χ4n) is 4.18. The Kier molecular flexibility index (Phi) is 5.89. The topological polar surface area (TPSA) is 140 Å². The van der Waals surface area contributed by atoms with Crippen LogP contribution in [0.2, 0.25) is 0 Å². The quantitative estimate of drug-likeness (QED) is 0.450. The number of halogens is 2. The van der Waals surface area contributed by atoms with E-state index < -0.39 is 43.0 Å². The highest BCUT2D eigenvalue weighted by atomic mass is 19.3. The summed E-state index contributed by atoms with van der Waals surface area (Å²) in [6, 6.07) is 4.24. The van der Waals surface area contributed by atoms with Crippen molar-refractivity contribution < 1.29 is 33.3 Å². The van der Waals surface area contributed by atoms with Gasteiger partial charge in [0.1, 0.15) is 30.0 Å². The molecule has 0 radical (unpaired) electrons. The molecule has 0 aromatic carbocycles. The molecule has 4 N–H and O–H groups in total. The molecule has 0 spiro atoms. The number of amides is 3. The van der Waals surface area contributed by atoms with Gasteiger partial charge in [0, 0.05) is 31.8 Å². The molecular weight excluding hydrogens is 466 g/mol. The lowest BCUT2D eigenvalue weighted by Crippen LogP contribution is -2.48. The van der Waals surface area contributed by atoms with Crippen LogP contribution in [0.3, 0.4) is 0 Å². The molecule has 1 saturated carbocycles. The Bertz CT molecular complexity index is 1150. The molecule has 2 aliphatic heterocycles. The molecule has 3 aliphatic rings. The maximum absolute atomic E-state index is 13.3. The number of ether oxygens (including phenoxy) is 1. The highest BCUT2D eigenvalue weighted by molar-refractivity contribution is 6.05. The van der Waals surface area contributed by atoms with Gasteiger partial charge in [-0.05, 0) is 24.6 Å². The normalized spacial score (nSPS) is 22.3. The Balaban J connectivity index is 1.35. The third-order valence-corrected chi connectivity index (χ3v) is 6.15. The molecule has 11 nitrogen and oxygen atoms in total. The summed E-state index contributed by atoms with van der Waals surface area (Å²) in [5, 5.41) is 23.3. The molecule has 13 heteroatoms. The molecule has 2 fully saturated rings. The van der Waals surface area contributed by atoms with Gasteiger partial charge in [-0.15, -0.1) is 0 Å². The van der Waals surface area contributed by atoms with Crippen molar-refractivity contribution in [2.45, 2.75) is 37.0 Å². The van der Waals surface area contributed by atoms with Gasteiger partial charge in [-0.2, -0.15) is 0 Å². The number of aliphatic hydroxyl groups excluding tert-OH is 2. The van der Waals surface area contributed by atoms with Crippen LogP contribution in [0.25, 0.3) is 0 Å². The molecule has 2 bridgehead atoms. The predicted octanol–water partition coefficient (Wildman–Crippen LogP) is 0.977. The Morgan fingerprint density at radius 1 is 1.31 bits per heavy atom. The number of aromatic nitrogens is 2. The first-order valence-corrected chi connectivity index (χ1v) is 11.2. The number of aliphatic hydroxyl groups is 2. The number of carbonyl (C=O) groups excluding carboxylic acids is 2. The molecule has 2 aromatic heterocycles. The number of hydrogen-bond donors (Lipinski definition) is 4. The largest absolute Gasteiger partial charge is 0.491 e. The molecule has 2 aromatic rings. The lowest BCUT2D eigenvalue weighted by molar-refractivity contribution is 0.0536. The second-order valence-electron chi connectivity index (χ2n) is 8.74. The standard InChI is InChI=1S/C22H24F2N6O5/c23-22(24)8-17(22)27-20(33)15-1-2-16-19(26-15)30(12-4-6-29(16)9-12)21(34)28-18-7-14(3-5-25-18)35-11-13(32)10-31/h1-3,5,7,12-13,17,31-32H,4,6,8-11H2,(H,27,33)(H,25,28,34)/t12?,13-,17?/m1/s1. The number of pyridine rings is 2. The summed E-state index contributed by atoms with van der Waals surface area (Å²) in [7, 11) is 0. The minimum absolute atomic E-state index is 0.0530. The van der Waals surface area contributed by atoms with E-state index in [0.717, 1.165) is 0 Å².